The number of ether oxygens (including phenoxy) is 1. The molecule has 0 saturated carbocycles. The number of nitrogens with two attached hydrogens (primary N) is 1. The van der Waals surface area contributed by atoms with Gasteiger partial charge in [-0.3, -0.25) is 0 Å². The molecule has 0 atom stereocenters. The van der Waals surface area contributed by atoms with Crippen molar-refractivity contribution in [3.05, 3.63) is 42.0 Å². The van der Waals surface area contributed by atoms with Crippen molar-refractivity contribution in [3.63, 3.8) is 0 Å². The van der Waals surface area contributed by atoms with Gasteiger partial charge in [-0.1, -0.05) is 32.9 Å². The Morgan fingerprint density at radius 3 is 2.57 bits per heavy atom. The van der Waals surface area contributed by atoms with Gasteiger partial charge in [-0.15, -0.1) is 0 Å². The van der Waals surface area contributed by atoms with E-state index in [0.29, 0.717) is 22.5 Å². The van der Waals surface area contributed by atoms with Crippen LogP contribution in [-0.4, -0.2) is 10.3 Å². The van der Waals surface area contributed by atoms with Gasteiger partial charge in [0, 0.05) is 0 Å². The van der Waals surface area contributed by atoms with Gasteiger partial charge >= 0.3 is 0 Å². The summed E-state index contributed by atoms with van der Waals surface area (Å²) >= 11 is 0. The highest BCUT2D eigenvalue weighted by atomic mass is 16.6. The van der Waals surface area contributed by atoms with E-state index in [-0.39, 0.29) is 5.41 Å². The van der Waals surface area contributed by atoms with Crippen molar-refractivity contribution >= 4 is 16.7 Å². The van der Waals surface area contributed by atoms with E-state index in [1.165, 1.54) is 5.56 Å². The fourth-order valence-electron chi connectivity index (χ4n) is 2.10. The zero-order valence-corrected chi connectivity index (χ0v) is 12.3. The average molecular weight is 283 g/mol. The van der Waals surface area contributed by atoms with Gasteiger partial charge in [0.05, 0.1) is 5.69 Å². The molecule has 0 radical (unpaired) electrons. The first kappa shape index (κ1) is 13.4. The molecular weight excluding hydrogens is 266 g/mol. The average Bonchev–Trinajstić information content (AvgIpc) is 2.92. The Morgan fingerprint density at radius 2 is 1.81 bits per heavy atom. The van der Waals surface area contributed by atoms with Crippen LogP contribution in [-0.2, 0) is 5.41 Å². The van der Waals surface area contributed by atoms with Crippen LogP contribution >= 0.6 is 0 Å². The zero-order chi connectivity index (χ0) is 15.0. The summed E-state index contributed by atoms with van der Waals surface area (Å²) in [5.41, 5.74) is 8.64. The highest BCUT2D eigenvalue weighted by Gasteiger charge is 2.15. The fraction of sp³-hybridized carbons (Fsp3) is 0.250. The van der Waals surface area contributed by atoms with E-state index in [1.54, 1.807) is 12.1 Å². The third-order valence-electron chi connectivity index (χ3n) is 3.34. The van der Waals surface area contributed by atoms with Gasteiger partial charge < -0.3 is 10.5 Å². The number of benzene rings is 2. The van der Waals surface area contributed by atoms with Gasteiger partial charge in [-0.05, 0) is 45.6 Å². The second-order valence-corrected chi connectivity index (χ2v) is 5.99. The normalized spacial score (nSPS) is 11.8. The molecule has 108 valence electrons. The van der Waals surface area contributed by atoms with Crippen molar-refractivity contribution in [2.45, 2.75) is 26.2 Å². The Morgan fingerprint density at radius 1 is 1.05 bits per heavy atom. The molecule has 3 aromatic rings. The lowest BCUT2D eigenvalue weighted by Crippen LogP contribution is -2.10. The molecule has 0 bridgehead atoms. The molecule has 3 rings (SSSR count). The highest BCUT2D eigenvalue weighted by molar-refractivity contribution is 5.90. The van der Waals surface area contributed by atoms with Crippen LogP contribution in [0.25, 0.3) is 11.0 Å². The Kier molecular flexibility index (Phi) is 3.05. The van der Waals surface area contributed by atoms with E-state index in [1.807, 2.05) is 18.2 Å². The van der Waals surface area contributed by atoms with E-state index in [2.05, 4.69) is 37.2 Å². The summed E-state index contributed by atoms with van der Waals surface area (Å²) in [6, 6.07) is 11.5. The van der Waals surface area contributed by atoms with Crippen LogP contribution in [0, 0.1) is 0 Å². The summed E-state index contributed by atoms with van der Waals surface area (Å²) in [5.74, 6) is 1.32. The molecule has 0 saturated heterocycles. The molecular formula is C16H17N3O2. The summed E-state index contributed by atoms with van der Waals surface area (Å²) in [7, 11) is 0. The SMILES string of the molecule is CC(C)(C)c1cccc(Oc2ccc(N)c3nonc23)c1. The molecule has 0 amide bonds. The standard InChI is InChI=1S/C16H17N3O2/c1-16(2,3)10-5-4-6-11(9-10)20-13-8-7-12(17)14-15(13)19-21-18-14/h4-9H,17H2,1-3H3. The number of nitrogen functional groups attached to an aromatic ring is 1. The first-order valence-electron chi connectivity index (χ1n) is 6.74. The number of aromatic nitrogens is 2. The summed E-state index contributed by atoms with van der Waals surface area (Å²) in [6.45, 7) is 6.49. The molecule has 5 nitrogen and oxygen atoms in total. The van der Waals surface area contributed by atoms with Crippen LogP contribution in [0.4, 0.5) is 5.69 Å². The minimum absolute atomic E-state index is 0.0608. The summed E-state index contributed by atoms with van der Waals surface area (Å²) in [5, 5.41) is 7.64. The first-order chi connectivity index (χ1) is 9.95. The predicted octanol–water partition coefficient (Wildman–Crippen LogP) is 3.89. The van der Waals surface area contributed by atoms with Gasteiger partial charge in [0.15, 0.2) is 16.8 Å². The van der Waals surface area contributed by atoms with Crippen LogP contribution in [0.2, 0.25) is 0 Å². The van der Waals surface area contributed by atoms with E-state index < -0.39 is 0 Å². The third-order valence-corrected chi connectivity index (χ3v) is 3.34. The number of fused-ring (bicyclic) bond motifs is 1. The van der Waals surface area contributed by atoms with Crippen molar-refractivity contribution in [2.24, 2.45) is 0 Å². The maximum absolute atomic E-state index is 5.92. The van der Waals surface area contributed by atoms with Crippen molar-refractivity contribution in [2.75, 3.05) is 5.73 Å². The Bertz CT molecular complexity index is 788. The number of anilines is 1. The second kappa shape index (κ2) is 4.77. The lowest BCUT2D eigenvalue weighted by atomic mass is 9.87. The molecule has 21 heavy (non-hydrogen) atoms. The fourth-order valence-corrected chi connectivity index (χ4v) is 2.10. The van der Waals surface area contributed by atoms with E-state index in [9.17, 15) is 0 Å². The van der Waals surface area contributed by atoms with E-state index in [4.69, 9.17) is 15.1 Å². The van der Waals surface area contributed by atoms with Gasteiger partial charge in [0.1, 0.15) is 5.75 Å². The third kappa shape index (κ3) is 2.54. The Labute approximate surface area is 122 Å². The van der Waals surface area contributed by atoms with Gasteiger partial charge in [-0.25, -0.2) is 4.63 Å². The first-order valence-corrected chi connectivity index (χ1v) is 6.74. The molecule has 0 aliphatic heterocycles. The van der Waals surface area contributed by atoms with Crippen LogP contribution < -0.4 is 10.5 Å². The quantitative estimate of drug-likeness (QED) is 0.722. The molecule has 0 aliphatic carbocycles. The van der Waals surface area contributed by atoms with Crippen molar-refractivity contribution in [1.29, 1.82) is 0 Å². The van der Waals surface area contributed by atoms with Gasteiger partial charge in [0.25, 0.3) is 0 Å². The molecule has 0 unspecified atom stereocenters. The number of nitrogens with zero attached hydrogens (tertiary/aromatic N) is 2. The van der Waals surface area contributed by atoms with Crippen LogP contribution in [0.5, 0.6) is 11.5 Å². The molecule has 0 fully saturated rings. The van der Waals surface area contributed by atoms with Crippen LogP contribution in [0.3, 0.4) is 0 Å². The minimum atomic E-state index is 0.0608. The van der Waals surface area contributed by atoms with Crippen molar-refractivity contribution < 1.29 is 9.37 Å². The molecule has 0 aliphatic rings. The molecule has 2 N–H and O–H groups in total. The van der Waals surface area contributed by atoms with E-state index in [0.717, 1.165) is 5.75 Å². The molecule has 5 heteroatoms. The van der Waals surface area contributed by atoms with Crippen molar-refractivity contribution in [3.8, 4) is 11.5 Å². The van der Waals surface area contributed by atoms with E-state index >= 15 is 0 Å². The highest BCUT2D eigenvalue weighted by Crippen LogP contribution is 2.32. The smallest absolute Gasteiger partial charge is 0.179 e. The Balaban J connectivity index is 1.99. The number of hydrogen-bond donors (Lipinski definition) is 1. The minimum Gasteiger partial charge on any atom is -0.455 e. The van der Waals surface area contributed by atoms with Crippen LogP contribution in [0.1, 0.15) is 26.3 Å². The molecule has 2 aromatic carbocycles. The molecule has 1 aromatic heterocycles. The maximum atomic E-state index is 5.92. The Hall–Kier alpha value is -2.56. The topological polar surface area (TPSA) is 74.2 Å². The molecule has 1 heterocycles. The summed E-state index contributed by atoms with van der Waals surface area (Å²) in [6.07, 6.45) is 0. The summed E-state index contributed by atoms with van der Waals surface area (Å²) in [4.78, 5) is 0. The summed E-state index contributed by atoms with van der Waals surface area (Å²) < 4.78 is 10.7. The predicted molar refractivity (Wildman–Crippen MR) is 81.4 cm³/mol. The zero-order valence-electron chi connectivity index (χ0n) is 12.3. The lowest BCUT2D eigenvalue weighted by Gasteiger charge is -2.19. The second-order valence-electron chi connectivity index (χ2n) is 5.99. The van der Waals surface area contributed by atoms with Crippen LogP contribution in [0.15, 0.2) is 41.0 Å². The van der Waals surface area contributed by atoms with Gasteiger partial charge in [0.2, 0.25) is 0 Å². The number of rotatable bonds is 2. The van der Waals surface area contributed by atoms with Gasteiger partial charge in [-0.2, -0.15) is 0 Å². The lowest BCUT2D eigenvalue weighted by molar-refractivity contribution is 0.314. The van der Waals surface area contributed by atoms with Crippen molar-refractivity contribution in [1.82, 2.24) is 10.3 Å². The maximum Gasteiger partial charge on any atom is 0.179 e. The molecule has 0 spiro atoms. The monoisotopic (exact) mass is 283 g/mol. The number of hydrogen-bond acceptors (Lipinski definition) is 5. The largest absolute Gasteiger partial charge is 0.455 e.